The van der Waals surface area contributed by atoms with E-state index < -0.39 is 0 Å². The van der Waals surface area contributed by atoms with Gasteiger partial charge in [0, 0.05) is 46.2 Å². The molecular weight excluding hydrogens is 289 g/mol. The third-order valence-electron chi connectivity index (χ3n) is 3.92. The molecule has 1 amide bonds. The Labute approximate surface area is 131 Å². The third-order valence-corrected chi connectivity index (χ3v) is 3.92. The number of carbonyl (C=O) groups is 1. The van der Waals surface area contributed by atoms with Crippen molar-refractivity contribution in [2.45, 2.75) is 52.0 Å². The number of nitrogens with one attached hydrogen (secondary N) is 1. The van der Waals surface area contributed by atoms with Gasteiger partial charge in [0.05, 0.1) is 13.1 Å². The Hall–Kier alpha value is 0.534. The average Bonchev–Trinajstić information content (AvgIpc) is 2.56. The molecule has 3 nitrogen and oxygen atoms in total. The van der Waals surface area contributed by atoms with Crippen LogP contribution in [0.15, 0.2) is 0 Å². The number of likely N-dealkylation sites (N-methyl/N-ethyl adjacent to an activating group) is 2. The van der Waals surface area contributed by atoms with Gasteiger partial charge < -0.3 is 9.80 Å². The summed E-state index contributed by atoms with van der Waals surface area (Å²) in [4.78, 5) is 12.0. The summed E-state index contributed by atoms with van der Waals surface area (Å²) >= 11 is 0. The molecule has 0 aromatic rings. The molecule has 1 rings (SSSR count). The number of nitrogens with zero attached hydrogens (tertiary/aromatic N) is 1. The maximum atomic E-state index is 12.0. The zero-order valence-corrected chi connectivity index (χ0v) is 14.4. The van der Waals surface area contributed by atoms with Crippen LogP contribution in [-0.4, -0.2) is 36.6 Å². The Balaban J connectivity index is 0.00000256. The molecule has 2 atom stereocenters. The van der Waals surface area contributed by atoms with Crippen LogP contribution in [0, 0.1) is 6.54 Å². The van der Waals surface area contributed by atoms with E-state index >= 15 is 0 Å². The molecule has 1 aliphatic rings. The van der Waals surface area contributed by atoms with Crippen LogP contribution in [0.2, 0.25) is 0 Å². The van der Waals surface area contributed by atoms with E-state index in [9.17, 15) is 4.79 Å². The number of amides is 1. The van der Waals surface area contributed by atoms with Crippen LogP contribution in [0.3, 0.4) is 0 Å². The van der Waals surface area contributed by atoms with Crippen molar-refractivity contribution in [1.82, 2.24) is 5.32 Å². The Morgan fingerprint density at radius 2 is 2.06 bits per heavy atom. The maximum absolute atomic E-state index is 12.0. The predicted molar refractivity (Wildman–Crippen MR) is 66.6 cm³/mol. The van der Waals surface area contributed by atoms with Crippen LogP contribution in [0.1, 0.15) is 46.0 Å². The van der Waals surface area contributed by atoms with E-state index in [0.717, 1.165) is 30.4 Å². The minimum absolute atomic E-state index is 0. The summed E-state index contributed by atoms with van der Waals surface area (Å²) in [5, 5.41) is 2.82. The first-order valence-corrected chi connectivity index (χ1v) is 6.62. The van der Waals surface area contributed by atoms with Crippen LogP contribution < -0.4 is 5.32 Å². The van der Waals surface area contributed by atoms with Gasteiger partial charge in [-0.2, -0.15) is 0 Å². The summed E-state index contributed by atoms with van der Waals surface area (Å²) in [6.45, 7) is 8.87. The predicted octanol–water partition coefficient (Wildman–Crippen LogP) is 2.08. The monoisotopic (exact) mass is 315 g/mol. The molecule has 1 heterocycles. The summed E-state index contributed by atoms with van der Waals surface area (Å²) in [7, 11) is 1.75. The zero-order chi connectivity index (χ0) is 12.0. The smallest absolute Gasteiger partial charge is 0.275 e. The Bertz CT molecular complexity index is 225. The SMILES string of the molecule is CCC(C(=O)NC)[N+]1(CC)[CH-]CCCCC1.[Y]. The second kappa shape index (κ2) is 8.60. The Kier molecular flexibility index (Phi) is 8.87. The summed E-state index contributed by atoms with van der Waals surface area (Å²) in [5.74, 6) is 0.197. The van der Waals surface area contributed by atoms with Gasteiger partial charge in [0.2, 0.25) is 0 Å². The van der Waals surface area contributed by atoms with Gasteiger partial charge in [-0.25, -0.2) is 0 Å². The molecule has 0 aromatic carbocycles. The fourth-order valence-corrected chi connectivity index (χ4v) is 2.91. The molecule has 0 aliphatic carbocycles. The van der Waals surface area contributed by atoms with Crippen molar-refractivity contribution in [1.29, 1.82) is 0 Å². The minimum Gasteiger partial charge on any atom is -0.444 e. The van der Waals surface area contributed by atoms with E-state index in [2.05, 4.69) is 25.7 Å². The van der Waals surface area contributed by atoms with Crippen molar-refractivity contribution >= 4 is 5.91 Å². The molecule has 17 heavy (non-hydrogen) atoms. The van der Waals surface area contributed by atoms with Gasteiger partial charge in [-0.1, -0.05) is 19.8 Å². The van der Waals surface area contributed by atoms with E-state index in [-0.39, 0.29) is 44.7 Å². The first-order chi connectivity index (χ1) is 7.70. The molecule has 4 heteroatoms. The first kappa shape index (κ1) is 17.5. The Morgan fingerprint density at radius 1 is 1.35 bits per heavy atom. The van der Waals surface area contributed by atoms with E-state index in [1.54, 1.807) is 7.05 Å². The van der Waals surface area contributed by atoms with Gasteiger partial charge in [-0.3, -0.25) is 4.79 Å². The summed E-state index contributed by atoms with van der Waals surface area (Å²) in [6, 6.07) is 0.105. The van der Waals surface area contributed by atoms with Gasteiger partial charge in [-0.05, 0) is 13.3 Å². The summed E-state index contributed by atoms with van der Waals surface area (Å²) < 4.78 is 0.885. The molecule has 1 saturated heterocycles. The van der Waals surface area contributed by atoms with Crippen LogP contribution in [0.4, 0.5) is 0 Å². The molecule has 1 radical (unpaired) electrons. The number of likely N-dealkylation sites (tertiary alicyclic amines) is 1. The number of hydrogen-bond acceptors (Lipinski definition) is 1. The number of rotatable bonds is 4. The number of quaternary nitrogens is 1. The molecule has 0 bridgehead atoms. The van der Waals surface area contributed by atoms with Crippen LogP contribution in [-0.2, 0) is 37.5 Å². The Morgan fingerprint density at radius 3 is 2.59 bits per heavy atom. The molecule has 0 aromatic heterocycles. The second-order valence-corrected chi connectivity index (χ2v) is 4.71. The average molecular weight is 315 g/mol. The number of hydrogen-bond donors (Lipinski definition) is 1. The molecule has 0 spiro atoms. The van der Waals surface area contributed by atoms with E-state index in [0.29, 0.717) is 0 Å². The topological polar surface area (TPSA) is 29.1 Å². The number of carbonyl (C=O) groups excluding carboxylic acids is 1. The maximum Gasteiger partial charge on any atom is 0.275 e. The van der Waals surface area contributed by atoms with Crippen molar-refractivity contribution in [3.8, 4) is 0 Å². The molecule has 1 N–H and O–H groups in total. The molecule has 0 saturated carbocycles. The second-order valence-electron chi connectivity index (χ2n) is 4.71. The fraction of sp³-hybridized carbons (Fsp3) is 0.846. The van der Waals surface area contributed by atoms with Crippen molar-refractivity contribution in [2.75, 3.05) is 20.1 Å². The zero-order valence-electron chi connectivity index (χ0n) is 11.5. The van der Waals surface area contributed by atoms with Gasteiger partial charge in [0.15, 0.2) is 0 Å². The molecule has 1 aliphatic heterocycles. The standard InChI is InChI=1S/C13H26N2O.Y/c1-4-12(13(16)14-3)15(5-2)10-8-6-7-9-11-15;/h10,12H,4-9,11H2,1-3H3,(H,14,16);. The van der Waals surface area contributed by atoms with Crippen molar-refractivity contribution in [2.24, 2.45) is 0 Å². The molecule has 2 unspecified atom stereocenters. The van der Waals surface area contributed by atoms with Crippen LogP contribution in [0.5, 0.6) is 0 Å². The molecule has 97 valence electrons. The largest absolute Gasteiger partial charge is 0.444 e. The van der Waals surface area contributed by atoms with E-state index in [1.165, 1.54) is 19.3 Å². The van der Waals surface area contributed by atoms with E-state index in [1.807, 2.05) is 0 Å². The van der Waals surface area contributed by atoms with Gasteiger partial charge >= 0.3 is 0 Å². The molecular formula is C13H26N2OY. The fourth-order valence-electron chi connectivity index (χ4n) is 2.91. The quantitative estimate of drug-likeness (QED) is 0.625. The van der Waals surface area contributed by atoms with Crippen molar-refractivity contribution in [3.63, 3.8) is 0 Å². The normalized spacial score (nSPS) is 26.5. The first-order valence-electron chi connectivity index (χ1n) is 6.62. The van der Waals surface area contributed by atoms with Gasteiger partial charge in [0.1, 0.15) is 6.04 Å². The third kappa shape index (κ3) is 4.29. The van der Waals surface area contributed by atoms with Crippen molar-refractivity contribution < 1.29 is 42.0 Å². The van der Waals surface area contributed by atoms with Crippen LogP contribution in [0.25, 0.3) is 0 Å². The van der Waals surface area contributed by atoms with Gasteiger partial charge in [-0.15, -0.1) is 13.0 Å². The summed E-state index contributed by atoms with van der Waals surface area (Å²) in [6.07, 6.45) is 5.91. The van der Waals surface area contributed by atoms with Gasteiger partial charge in [0.25, 0.3) is 5.91 Å². The van der Waals surface area contributed by atoms with E-state index in [4.69, 9.17) is 0 Å². The summed E-state index contributed by atoms with van der Waals surface area (Å²) in [5.41, 5.74) is 0. The minimum atomic E-state index is 0. The molecule has 1 fully saturated rings. The van der Waals surface area contributed by atoms with Crippen molar-refractivity contribution in [3.05, 3.63) is 6.54 Å². The van der Waals surface area contributed by atoms with Crippen LogP contribution >= 0.6 is 0 Å².